The van der Waals surface area contributed by atoms with Crippen molar-refractivity contribution in [3.8, 4) is 0 Å². The number of rotatable bonds is 0. The van der Waals surface area contributed by atoms with Crippen LogP contribution in [0.3, 0.4) is 0 Å². The Labute approximate surface area is 64.1 Å². The fourth-order valence-electron chi connectivity index (χ4n) is 0.688. The lowest BCUT2D eigenvalue weighted by Gasteiger charge is -2.18. The first-order chi connectivity index (χ1) is 4.10. The van der Waals surface area contributed by atoms with Crippen LogP contribution in [0.25, 0.3) is 0 Å². The maximum atomic E-state index is 5.73. The zero-order chi connectivity index (χ0) is 6.91. The Morgan fingerprint density at radius 3 is 2.67 bits per heavy atom. The van der Waals surface area contributed by atoms with Crippen molar-refractivity contribution in [2.45, 2.75) is 11.4 Å². The van der Waals surface area contributed by atoms with E-state index in [2.05, 4.69) is 0 Å². The normalized spacial score (nSPS) is 34.3. The van der Waals surface area contributed by atoms with Crippen LogP contribution in [0.1, 0.15) is 6.42 Å². The highest BCUT2D eigenvalue weighted by Crippen LogP contribution is 2.23. The molecule has 1 aliphatic rings. The predicted molar refractivity (Wildman–Crippen MR) is 40.5 cm³/mol. The number of hydrogen-bond donors (Lipinski definition) is 1. The first-order valence-electron chi connectivity index (χ1n) is 2.63. The molecule has 3 heteroatoms. The Morgan fingerprint density at radius 2 is 2.33 bits per heavy atom. The summed E-state index contributed by atoms with van der Waals surface area (Å²) < 4.78 is 0. The van der Waals surface area contributed by atoms with Crippen molar-refractivity contribution < 1.29 is 0 Å². The zero-order valence-electron chi connectivity index (χ0n) is 4.77. The molecule has 0 amide bonds. The van der Waals surface area contributed by atoms with Crippen LogP contribution in [0, 0.1) is 0 Å². The van der Waals surface area contributed by atoms with E-state index < -0.39 is 5.00 Å². The summed E-state index contributed by atoms with van der Waals surface area (Å²) in [5.41, 5.74) is 5.52. The van der Waals surface area contributed by atoms with Gasteiger partial charge in [0.15, 0.2) is 0 Å². The Bertz CT molecular complexity index is 170. The van der Waals surface area contributed by atoms with E-state index in [1.54, 1.807) is 12.2 Å². The molecule has 0 heterocycles. The van der Waals surface area contributed by atoms with Crippen molar-refractivity contribution in [3.05, 3.63) is 23.3 Å². The number of nitrogens with two attached hydrogens (primary N) is 1. The van der Waals surface area contributed by atoms with Gasteiger partial charge >= 0.3 is 0 Å². The number of hydrogen-bond acceptors (Lipinski definition) is 1. The molecule has 0 saturated heterocycles. The molecule has 0 bridgehead atoms. The van der Waals surface area contributed by atoms with Crippen molar-refractivity contribution in [2.75, 3.05) is 0 Å². The van der Waals surface area contributed by atoms with Gasteiger partial charge in [-0.25, -0.2) is 0 Å². The second kappa shape index (κ2) is 2.33. The number of allylic oxidation sites excluding steroid dienone is 2. The predicted octanol–water partition coefficient (Wildman–Crippen LogP) is 1.96. The molecule has 0 aromatic rings. The summed E-state index contributed by atoms with van der Waals surface area (Å²) in [4.78, 5) is -0.758. The van der Waals surface area contributed by atoms with Crippen LogP contribution in [0.2, 0.25) is 0 Å². The van der Waals surface area contributed by atoms with E-state index in [1.807, 2.05) is 6.08 Å². The first kappa shape index (κ1) is 7.13. The van der Waals surface area contributed by atoms with Crippen LogP contribution in [0.4, 0.5) is 0 Å². The van der Waals surface area contributed by atoms with Gasteiger partial charge in [0.1, 0.15) is 5.00 Å². The van der Waals surface area contributed by atoms with Crippen LogP contribution in [0.15, 0.2) is 23.3 Å². The van der Waals surface area contributed by atoms with Crippen molar-refractivity contribution in [3.63, 3.8) is 0 Å². The molecular formula is C6H7Cl2N. The SMILES string of the molecule is NC1(Cl)C=C(Cl)C=CC1. The van der Waals surface area contributed by atoms with Crippen LogP contribution in [-0.2, 0) is 0 Å². The van der Waals surface area contributed by atoms with Gasteiger partial charge in [-0.1, -0.05) is 29.3 Å². The molecule has 1 rings (SSSR count). The van der Waals surface area contributed by atoms with Gasteiger partial charge in [-0.15, -0.1) is 0 Å². The molecule has 2 N–H and O–H groups in total. The molecule has 0 aromatic carbocycles. The summed E-state index contributed by atoms with van der Waals surface area (Å²) in [6.45, 7) is 0. The Kier molecular flexibility index (Phi) is 1.85. The van der Waals surface area contributed by atoms with Crippen LogP contribution in [-0.4, -0.2) is 5.00 Å². The van der Waals surface area contributed by atoms with Gasteiger partial charge in [0.25, 0.3) is 0 Å². The monoisotopic (exact) mass is 163 g/mol. The molecule has 50 valence electrons. The molecule has 1 unspecified atom stereocenters. The molecule has 0 aromatic heterocycles. The van der Waals surface area contributed by atoms with Crippen molar-refractivity contribution in [2.24, 2.45) is 5.73 Å². The van der Waals surface area contributed by atoms with Crippen LogP contribution >= 0.6 is 23.2 Å². The van der Waals surface area contributed by atoms with Crippen LogP contribution < -0.4 is 5.73 Å². The molecule has 1 nitrogen and oxygen atoms in total. The fraction of sp³-hybridized carbons (Fsp3) is 0.333. The molecule has 1 aliphatic carbocycles. The first-order valence-corrected chi connectivity index (χ1v) is 3.38. The van der Waals surface area contributed by atoms with Gasteiger partial charge in [-0.2, -0.15) is 0 Å². The molecular weight excluding hydrogens is 157 g/mol. The lowest BCUT2D eigenvalue weighted by Crippen LogP contribution is -2.30. The maximum Gasteiger partial charge on any atom is 0.115 e. The molecule has 1 atom stereocenters. The van der Waals surface area contributed by atoms with Gasteiger partial charge in [0, 0.05) is 11.5 Å². The van der Waals surface area contributed by atoms with E-state index in [-0.39, 0.29) is 0 Å². The van der Waals surface area contributed by atoms with E-state index in [9.17, 15) is 0 Å². The summed E-state index contributed by atoms with van der Waals surface area (Å²) in [6.07, 6.45) is 5.92. The smallest absolute Gasteiger partial charge is 0.115 e. The third-order valence-corrected chi connectivity index (χ3v) is 1.58. The molecule has 9 heavy (non-hydrogen) atoms. The summed E-state index contributed by atoms with van der Waals surface area (Å²) >= 11 is 11.3. The minimum atomic E-state index is -0.758. The minimum Gasteiger partial charge on any atom is -0.309 e. The Hall–Kier alpha value is 0.0200. The third kappa shape index (κ3) is 2.01. The van der Waals surface area contributed by atoms with Gasteiger partial charge in [-0.3, -0.25) is 0 Å². The Balaban J connectivity index is 2.78. The second-order valence-electron chi connectivity index (χ2n) is 2.06. The molecule has 0 radical (unpaired) electrons. The van der Waals surface area contributed by atoms with Crippen molar-refractivity contribution in [1.29, 1.82) is 0 Å². The summed E-state index contributed by atoms with van der Waals surface area (Å²) in [7, 11) is 0. The number of halogens is 2. The van der Waals surface area contributed by atoms with Gasteiger partial charge < -0.3 is 5.73 Å². The Morgan fingerprint density at radius 1 is 1.67 bits per heavy atom. The molecule has 0 spiro atoms. The average Bonchev–Trinajstić information content (AvgIpc) is 1.60. The highest BCUT2D eigenvalue weighted by atomic mass is 35.5. The second-order valence-corrected chi connectivity index (χ2v) is 3.20. The van der Waals surface area contributed by atoms with E-state index in [0.717, 1.165) is 0 Å². The average molecular weight is 164 g/mol. The molecule has 0 aliphatic heterocycles. The lowest BCUT2D eigenvalue weighted by atomic mass is 10.1. The van der Waals surface area contributed by atoms with E-state index >= 15 is 0 Å². The van der Waals surface area contributed by atoms with Gasteiger partial charge in [0.2, 0.25) is 0 Å². The largest absolute Gasteiger partial charge is 0.309 e. The zero-order valence-corrected chi connectivity index (χ0v) is 6.28. The van der Waals surface area contributed by atoms with Crippen molar-refractivity contribution in [1.82, 2.24) is 0 Å². The van der Waals surface area contributed by atoms with Crippen LogP contribution in [0.5, 0.6) is 0 Å². The van der Waals surface area contributed by atoms with E-state index in [1.165, 1.54) is 0 Å². The van der Waals surface area contributed by atoms with E-state index in [4.69, 9.17) is 28.9 Å². The standard InChI is InChI=1S/C6H7Cl2N/c7-5-2-1-3-6(8,9)4-5/h1-2,4H,3,9H2. The molecule has 0 fully saturated rings. The number of alkyl halides is 1. The minimum absolute atomic E-state index is 0.610. The van der Waals surface area contributed by atoms with Gasteiger partial charge in [-0.05, 0) is 12.2 Å². The summed E-state index contributed by atoms with van der Waals surface area (Å²) in [6, 6.07) is 0. The lowest BCUT2D eigenvalue weighted by molar-refractivity contribution is 0.741. The maximum absolute atomic E-state index is 5.73. The summed E-state index contributed by atoms with van der Waals surface area (Å²) in [5.74, 6) is 0. The highest BCUT2D eigenvalue weighted by molar-refractivity contribution is 6.33. The quantitative estimate of drug-likeness (QED) is 0.429. The highest BCUT2D eigenvalue weighted by Gasteiger charge is 2.18. The summed E-state index contributed by atoms with van der Waals surface area (Å²) in [5, 5.41) is 0.610. The van der Waals surface area contributed by atoms with Crippen molar-refractivity contribution >= 4 is 23.2 Å². The topological polar surface area (TPSA) is 26.0 Å². The van der Waals surface area contributed by atoms with Gasteiger partial charge in [0.05, 0.1) is 0 Å². The fourth-order valence-corrected chi connectivity index (χ4v) is 1.23. The third-order valence-electron chi connectivity index (χ3n) is 1.09. The van der Waals surface area contributed by atoms with E-state index in [0.29, 0.717) is 11.5 Å². The molecule has 0 saturated carbocycles.